The number of nitrogens with zero attached hydrogens (tertiary/aromatic N) is 2. The second-order valence-corrected chi connectivity index (χ2v) is 4.94. The van der Waals surface area contributed by atoms with E-state index in [1.165, 1.54) is 0 Å². The van der Waals surface area contributed by atoms with Gasteiger partial charge in [0.25, 0.3) is 5.56 Å². The Morgan fingerprint density at radius 1 is 1.19 bits per heavy atom. The number of benzene rings is 2. The number of hydrogen-bond donors (Lipinski definition) is 1. The Labute approximate surface area is 121 Å². The molecular formula is C17H13N3O. The number of rotatable bonds is 2. The summed E-state index contributed by atoms with van der Waals surface area (Å²) >= 11 is 0. The van der Waals surface area contributed by atoms with E-state index in [0.29, 0.717) is 11.0 Å². The van der Waals surface area contributed by atoms with Crippen molar-refractivity contribution in [2.75, 3.05) is 0 Å². The maximum absolute atomic E-state index is 12.2. The quantitative estimate of drug-likeness (QED) is 0.781. The van der Waals surface area contributed by atoms with Gasteiger partial charge in [-0.2, -0.15) is 5.26 Å². The standard InChI is InChI=1S/C17H13N3O/c1-11-7-8-14-15(9-11)19-16(17(21)20-14)13(10-18)12-5-3-2-4-6-12/h2-9,13H,1H3,(H,20,21). The van der Waals surface area contributed by atoms with Crippen molar-refractivity contribution >= 4 is 11.0 Å². The number of aromatic amines is 1. The van der Waals surface area contributed by atoms with Crippen LogP contribution in [-0.4, -0.2) is 9.97 Å². The Bertz CT molecular complexity index is 891. The molecule has 0 spiro atoms. The van der Waals surface area contributed by atoms with Crippen LogP contribution in [0.15, 0.2) is 53.3 Å². The summed E-state index contributed by atoms with van der Waals surface area (Å²) in [5.74, 6) is -0.667. The Balaban J connectivity index is 2.21. The average molecular weight is 275 g/mol. The van der Waals surface area contributed by atoms with Crippen molar-refractivity contribution in [2.24, 2.45) is 0 Å². The molecule has 3 rings (SSSR count). The molecule has 1 aromatic heterocycles. The fraction of sp³-hybridized carbons (Fsp3) is 0.118. The summed E-state index contributed by atoms with van der Waals surface area (Å²) < 4.78 is 0. The van der Waals surface area contributed by atoms with Gasteiger partial charge in [0.2, 0.25) is 0 Å². The van der Waals surface area contributed by atoms with Gasteiger partial charge in [0.05, 0.1) is 17.1 Å². The molecule has 0 bridgehead atoms. The molecular weight excluding hydrogens is 262 g/mol. The molecule has 1 atom stereocenters. The number of nitrogens with one attached hydrogen (secondary N) is 1. The molecule has 0 amide bonds. The van der Waals surface area contributed by atoms with Gasteiger partial charge in [-0.25, -0.2) is 4.98 Å². The molecule has 1 unspecified atom stereocenters. The zero-order chi connectivity index (χ0) is 14.8. The minimum atomic E-state index is -0.667. The van der Waals surface area contributed by atoms with Gasteiger partial charge in [-0.1, -0.05) is 36.4 Å². The van der Waals surface area contributed by atoms with Crippen molar-refractivity contribution in [1.82, 2.24) is 9.97 Å². The lowest BCUT2D eigenvalue weighted by atomic mass is 9.97. The number of hydrogen-bond acceptors (Lipinski definition) is 3. The zero-order valence-electron chi connectivity index (χ0n) is 11.5. The summed E-state index contributed by atoms with van der Waals surface area (Å²) in [4.78, 5) is 19.4. The van der Waals surface area contributed by atoms with Gasteiger partial charge in [-0.3, -0.25) is 4.79 Å². The third-order valence-corrected chi connectivity index (χ3v) is 3.41. The highest BCUT2D eigenvalue weighted by Gasteiger charge is 2.19. The zero-order valence-corrected chi connectivity index (χ0v) is 11.5. The van der Waals surface area contributed by atoms with Gasteiger partial charge in [0.15, 0.2) is 0 Å². The van der Waals surface area contributed by atoms with Crippen LogP contribution < -0.4 is 5.56 Å². The van der Waals surface area contributed by atoms with E-state index in [-0.39, 0.29) is 11.3 Å². The van der Waals surface area contributed by atoms with Gasteiger partial charge in [-0.15, -0.1) is 0 Å². The highest BCUT2D eigenvalue weighted by molar-refractivity contribution is 5.74. The first-order chi connectivity index (χ1) is 10.2. The van der Waals surface area contributed by atoms with Crippen molar-refractivity contribution in [3.63, 3.8) is 0 Å². The second-order valence-electron chi connectivity index (χ2n) is 4.94. The topological polar surface area (TPSA) is 69.5 Å². The van der Waals surface area contributed by atoms with Gasteiger partial charge < -0.3 is 4.98 Å². The van der Waals surface area contributed by atoms with Crippen molar-refractivity contribution in [1.29, 1.82) is 5.26 Å². The third-order valence-electron chi connectivity index (χ3n) is 3.41. The molecule has 0 saturated carbocycles. The van der Waals surface area contributed by atoms with E-state index in [0.717, 1.165) is 11.1 Å². The summed E-state index contributed by atoms with van der Waals surface area (Å²) in [6, 6.07) is 17.0. The molecule has 21 heavy (non-hydrogen) atoms. The Morgan fingerprint density at radius 2 is 1.95 bits per heavy atom. The monoisotopic (exact) mass is 275 g/mol. The van der Waals surface area contributed by atoms with Gasteiger partial charge in [0.1, 0.15) is 11.6 Å². The highest BCUT2D eigenvalue weighted by atomic mass is 16.1. The van der Waals surface area contributed by atoms with Crippen molar-refractivity contribution < 1.29 is 0 Å². The first-order valence-corrected chi connectivity index (χ1v) is 6.64. The van der Waals surface area contributed by atoms with Crippen LogP contribution >= 0.6 is 0 Å². The van der Waals surface area contributed by atoms with E-state index >= 15 is 0 Å². The number of aromatic nitrogens is 2. The fourth-order valence-electron chi connectivity index (χ4n) is 2.34. The lowest BCUT2D eigenvalue weighted by Gasteiger charge is -2.09. The first-order valence-electron chi connectivity index (χ1n) is 6.64. The summed E-state index contributed by atoms with van der Waals surface area (Å²) in [7, 11) is 0. The largest absolute Gasteiger partial charge is 0.319 e. The van der Waals surface area contributed by atoms with Crippen LogP contribution in [0.5, 0.6) is 0 Å². The van der Waals surface area contributed by atoms with Crippen molar-refractivity contribution in [2.45, 2.75) is 12.8 Å². The van der Waals surface area contributed by atoms with Crippen LogP contribution in [0.4, 0.5) is 0 Å². The molecule has 0 aliphatic heterocycles. The van der Waals surface area contributed by atoms with Gasteiger partial charge in [0, 0.05) is 0 Å². The maximum atomic E-state index is 12.2. The third kappa shape index (κ3) is 2.41. The molecule has 0 aliphatic carbocycles. The molecule has 102 valence electrons. The predicted molar refractivity (Wildman–Crippen MR) is 81.0 cm³/mol. The van der Waals surface area contributed by atoms with E-state index < -0.39 is 5.92 Å². The molecule has 2 aromatic carbocycles. The average Bonchev–Trinajstić information content (AvgIpc) is 2.50. The SMILES string of the molecule is Cc1ccc2[nH]c(=O)c(C(C#N)c3ccccc3)nc2c1. The predicted octanol–water partition coefficient (Wildman–Crippen LogP) is 2.89. The minimum Gasteiger partial charge on any atom is -0.319 e. The van der Waals surface area contributed by atoms with Gasteiger partial charge >= 0.3 is 0 Å². The lowest BCUT2D eigenvalue weighted by molar-refractivity contribution is 0.938. The molecule has 4 nitrogen and oxygen atoms in total. The summed E-state index contributed by atoms with van der Waals surface area (Å²) in [6.07, 6.45) is 0. The van der Waals surface area contributed by atoms with Gasteiger partial charge in [-0.05, 0) is 30.2 Å². The van der Waals surface area contributed by atoms with E-state index in [2.05, 4.69) is 16.0 Å². The summed E-state index contributed by atoms with van der Waals surface area (Å²) in [5, 5.41) is 9.44. The van der Waals surface area contributed by atoms with Crippen LogP contribution in [0.2, 0.25) is 0 Å². The van der Waals surface area contributed by atoms with Crippen LogP contribution in [0.3, 0.4) is 0 Å². The van der Waals surface area contributed by atoms with E-state index in [4.69, 9.17) is 0 Å². The first kappa shape index (κ1) is 13.1. The molecule has 0 aliphatic rings. The molecule has 1 heterocycles. The van der Waals surface area contributed by atoms with E-state index in [9.17, 15) is 10.1 Å². The molecule has 3 aromatic rings. The van der Waals surface area contributed by atoms with Crippen molar-refractivity contribution in [3.8, 4) is 6.07 Å². The second kappa shape index (κ2) is 5.22. The summed E-state index contributed by atoms with van der Waals surface area (Å²) in [5.41, 5.74) is 3.12. The van der Waals surface area contributed by atoms with Crippen LogP contribution in [-0.2, 0) is 0 Å². The van der Waals surface area contributed by atoms with Crippen molar-refractivity contribution in [3.05, 3.63) is 75.7 Å². The molecule has 1 N–H and O–H groups in total. The van der Waals surface area contributed by atoms with Crippen LogP contribution in [0.25, 0.3) is 11.0 Å². The highest BCUT2D eigenvalue weighted by Crippen LogP contribution is 2.21. The maximum Gasteiger partial charge on any atom is 0.271 e. The number of nitriles is 1. The normalized spacial score (nSPS) is 12.0. The smallest absolute Gasteiger partial charge is 0.271 e. The number of aryl methyl sites for hydroxylation is 1. The Hall–Kier alpha value is -2.93. The van der Waals surface area contributed by atoms with E-state index in [1.54, 1.807) is 0 Å². The Morgan fingerprint density at radius 3 is 2.67 bits per heavy atom. The fourth-order valence-corrected chi connectivity index (χ4v) is 2.34. The van der Waals surface area contributed by atoms with E-state index in [1.807, 2.05) is 55.5 Å². The summed E-state index contributed by atoms with van der Waals surface area (Å²) in [6.45, 7) is 1.96. The minimum absolute atomic E-state index is 0.238. The number of fused-ring (bicyclic) bond motifs is 1. The molecule has 0 radical (unpaired) electrons. The molecule has 0 saturated heterocycles. The number of H-pyrrole nitrogens is 1. The lowest BCUT2D eigenvalue weighted by Crippen LogP contribution is -2.19. The molecule has 4 heteroatoms. The molecule has 0 fully saturated rings. The van der Waals surface area contributed by atoms with Crippen LogP contribution in [0.1, 0.15) is 22.7 Å². The van der Waals surface area contributed by atoms with Crippen LogP contribution in [0, 0.1) is 18.3 Å². The Kier molecular flexibility index (Phi) is 3.25.